The average molecular weight is 611 g/mol. The Morgan fingerprint density at radius 3 is 2.41 bits per heavy atom. The highest BCUT2D eigenvalue weighted by Gasteiger charge is 2.20. The fourth-order valence-corrected chi connectivity index (χ4v) is 5.54. The molecule has 0 saturated heterocycles. The number of carbonyl (C=O) groups is 1. The normalized spacial score (nSPS) is 11.4. The number of nitrogens with zero attached hydrogens (tertiary/aromatic N) is 4. The first-order chi connectivity index (χ1) is 21.1. The van der Waals surface area contributed by atoms with Gasteiger partial charge in [-0.25, -0.2) is 31.7 Å². The number of nitrogens with one attached hydrogen (secondary N) is 2. The molecule has 0 atom stereocenters. The molecule has 1 amide bonds. The van der Waals surface area contributed by atoms with Crippen LogP contribution < -0.4 is 10.6 Å². The van der Waals surface area contributed by atoms with Gasteiger partial charge in [0.2, 0.25) is 5.95 Å². The number of fused-ring (bicyclic) bond motifs is 1. The van der Waals surface area contributed by atoms with Gasteiger partial charge in [0.15, 0.2) is 9.84 Å². The van der Waals surface area contributed by atoms with Gasteiger partial charge in [-0.2, -0.15) is 5.10 Å². The smallest absolute Gasteiger partial charge is 0.255 e. The SMILES string of the molecule is CS(=O)(=O)Cc1ccc(Nc2nccc(-c3c(-c4cccc(C(=O)Nc5c(F)cccc5F)c4)nn4ccccc34)n2)cc1. The predicted octanol–water partition coefficient (Wildman–Crippen LogP) is 6.28. The van der Waals surface area contributed by atoms with Gasteiger partial charge in [0.25, 0.3) is 5.91 Å². The minimum atomic E-state index is -3.16. The van der Waals surface area contributed by atoms with E-state index in [-0.39, 0.29) is 11.3 Å². The Bertz CT molecular complexity index is 2110. The second-order valence-corrected chi connectivity index (χ2v) is 12.2. The van der Waals surface area contributed by atoms with Crippen molar-refractivity contribution >= 4 is 38.6 Å². The fourth-order valence-electron chi connectivity index (χ4n) is 4.74. The van der Waals surface area contributed by atoms with Crippen LogP contribution in [0, 0.1) is 11.6 Å². The lowest BCUT2D eigenvalue weighted by Gasteiger charge is -2.10. The van der Waals surface area contributed by atoms with E-state index in [4.69, 9.17) is 10.1 Å². The van der Waals surface area contributed by atoms with Crippen LogP contribution in [0.25, 0.3) is 28.0 Å². The molecule has 0 aliphatic heterocycles. The van der Waals surface area contributed by atoms with Crippen molar-refractivity contribution in [3.05, 3.63) is 126 Å². The lowest BCUT2D eigenvalue weighted by molar-refractivity contribution is 0.102. The summed E-state index contributed by atoms with van der Waals surface area (Å²) in [6, 6.07) is 24.2. The van der Waals surface area contributed by atoms with Gasteiger partial charge < -0.3 is 10.6 Å². The Hall–Kier alpha value is -5.49. The number of hydrogen-bond donors (Lipinski definition) is 2. The van der Waals surface area contributed by atoms with Crippen molar-refractivity contribution in [1.29, 1.82) is 0 Å². The molecule has 0 fully saturated rings. The number of amides is 1. The van der Waals surface area contributed by atoms with Crippen LogP contribution >= 0.6 is 0 Å². The third-order valence-electron chi connectivity index (χ3n) is 6.69. The average Bonchev–Trinajstić information content (AvgIpc) is 3.39. The van der Waals surface area contributed by atoms with Crippen LogP contribution in [0.15, 0.2) is 103 Å². The number of hydrogen-bond acceptors (Lipinski definition) is 7. The van der Waals surface area contributed by atoms with Gasteiger partial charge in [0.1, 0.15) is 23.0 Å². The Morgan fingerprint density at radius 1 is 0.909 bits per heavy atom. The molecule has 3 aromatic heterocycles. The highest BCUT2D eigenvalue weighted by molar-refractivity contribution is 7.89. The summed E-state index contributed by atoms with van der Waals surface area (Å²) in [6.07, 6.45) is 4.58. The number of para-hydroxylation sites is 1. The van der Waals surface area contributed by atoms with Crippen LogP contribution in [-0.4, -0.2) is 40.2 Å². The van der Waals surface area contributed by atoms with Gasteiger partial charge in [-0.1, -0.05) is 36.4 Å². The summed E-state index contributed by atoms with van der Waals surface area (Å²) in [4.78, 5) is 22.1. The van der Waals surface area contributed by atoms with Gasteiger partial charge in [0, 0.05) is 35.5 Å². The van der Waals surface area contributed by atoms with Crippen LogP contribution in [-0.2, 0) is 15.6 Å². The summed E-state index contributed by atoms with van der Waals surface area (Å²) in [5.41, 5.74) is 4.08. The number of benzene rings is 3. The number of rotatable bonds is 8. The van der Waals surface area contributed by atoms with E-state index >= 15 is 0 Å². The molecule has 0 radical (unpaired) electrons. The minimum absolute atomic E-state index is 0.0559. The Balaban J connectivity index is 1.34. The molecule has 0 saturated carbocycles. The zero-order valence-electron chi connectivity index (χ0n) is 23.2. The first kappa shape index (κ1) is 28.6. The Kier molecular flexibility index (Phi) is 7.58. The van der Waals surface area contributed by atoms with Gasteiger partial charge in [-0.05, 0) is 60.2 Å². The summed E-state index contributed by atoms with van der Waals surface area (Å²) in [5, 5.41) is 10.2. The molecule has 12 heteroatoms. The number of carbonyl (C=O) groups excluding carboxylic acids is 1. The second-order valence-electron chi connectivity index (χ2n) is 10.0. The van der Waals surface area contributed by atoms with Gasteiger partial charge >= 0.3 is 0 Å². The van der Waals surface area contributed by atoms with E-state index in [1.807, 2.05) is 18.2 Å². The van der Waals surface area contributed by atoms with Crippen molar-refractivity contribution in [2.45, 2.75) is 5.75 Å². The lowest BCUT2D eigenvalue weighted by atomic mass is 10.0. The van der Waals surface area contributed by atoms with Crippen LogP contribution in [0.1, 0.15) is 15.9 Å². The maximum atomic E-state index is 14.2. The third-order valence-corrected chi connectivity index (χ3v) is 7.55. The molecule has 0 aliphatic rings. The monoisotopic (exact) mass is 610 g/mol. The largest absolute Gasteiger partial charge is 0.324 e. The molecule has 0 unspecified atom stereocenters. The van der Waals surface area contributed by atoms with E-state index < -0.39 is 33.1 Å². The maximum absolute atomic E-state index is 14.2. The molecule has 3 aromatic carbocycles. The Labute approximate surface area is 251 Å². The van der Waals surface area contributed by atoms with Gasteiger partial charge in [-0.15, -0.1) is 0 Å². The van der Waals surface area contributed by atoms with Crippen LogP contribution in [0.2, 0.25) is 0 Å². The maximum Gasteiger partial charge on any atom is 0.255 e. The van der Waals surface area contributed by atoms with E-state index in [2.05, 4.69) is 15.6 Å². The summed E-state index contributed by atoms with van der Waals surface area (Å²) >= 11 is 0. The van der Waals surface area contributed by atoms with E-state index in [0.717, 1.165) is 17.6 Å². The van der Waals surface area contributed by atoms with Gasteiger partial charge in [-0.3, -0.25) is 4.79 Å². The molecule has 3 heterocycles. The van der Waals surface area contributed by atoms with Crippen molar-refractivity contribution in [3.63, 3.8) is 0 Å². The molecule has 0 aliphatic carbocycles. The lowest BCUT2D eigenvalue weighted by Crippen LogP contribution is -2.14. The quantitative estimate of drug-likeness (QED) is 0.208. The van der Waals surface area contributed by atoms with Gasteiger partial charge in [0.05, 0.1) is 22.5 Å². The summed E-state index contributed by atoms with van der Waals surface area (Å²) < 4.78 is 53.3. The van der Waals surface area contributed by atoms with E-state index in [1.54, 1.807) is 71.5 Å². The first-order valence-electron chi connectivity index (χ1n) is 13.3. The highest BCUT2D eigenvalue weighted by atomic mass is 32.2. The Morgan fingerprint density at radius 2 is 1.66 bits per heavy atom. The number of pyridine rings is 1. The standard InChI is InChI=1S/C32H24F2N6O3S/c1-44(42,43)19-20-11-13-23(14-12-20)36-32-35-16-15-26(37-32)28-27-10-2-3-17-40(27)39-29(28)21-6-4-7-22(18-21)31(41)38-30-24(33)8-5-9-25(30)34/h2-18H,19H2,1H3,(H,38,41)(H,35,36,37). The third kappa shape index (κ3) is 6.15. The molecule has 0 bridgehead atoms. The molecule has 9 nitrogen and oxygen atoms in total. The molecule has 220 valence electrons. The molecule has 0 spiro atoms. The highest BCUT2D eigenvalue weighted by Crippen LogP contribution is 2.35. The zero-order chi connectivity index (χ0) is 30.8. The number of halogens is 2. The molecule has 2 N–H and O–H groups in total. The summed E-state index contributed by atoms with van der Waals surface area (Å²) in [6.45, 7) is 0. The molecule has 6 rings (SSSR count). The molecule has 44 heavy (non-hydrogen) atoms. The fraction of sp³-hybridized carbons (Fsp3) is 0.0625. The van der Waals surface area contributed by atoms with Crippen molar-refractivity contribution < 1.29 is 22.0 Å². The van der Waals surface area contributed by atoms with E-state index in [1.165, 1.54) is 12.3 Å². The topological polar surface area (TPSA) is 118 Å². The van der Waals surface area contributed by atoms with Crippen molar-refractivity contribution in [2.24, 2.45) is 0 Å². The predicted molar refractivity (Wildman–Crippen MR) is 164 cm³/mol. The van der Waals surface area contributed by atoms with E-state index in [9.17, 15) is 22.0 Å². The number of anilines is 3. The summed E-state index contributed by atoms with van der Waals surface area (Å²) in [7, 11) is -3.16. The molecular weight excluding hydrogens is 586 g/mol. The molecular formula is C32H24F2N6O3S. The van der Waals surface area contributed by atoms with Crippen molar-refractivity contribution in [1.82, 2.24) is 19.6 Å². The van der Waals surface area contributed by atoms with Crippen LogP contribution in [0.5, 0.6) is 0 Å². The molecule has 6 aromatic rings. The van der Waals surface area contributed by atoms with Crippen molar-refractivity contribution in [3.8, 4) is 22.5 Å². The van der Waals surface area contributed by atoms with Crippen molar-refractivity contribution in [2.75, 3.05) is 16.9 Å². The summed E-state index contributed by atoms with van der Waals surface area (Å²) in [5.74, 6) is -2.19. The zero-order valence-corrected chi connectivity index (χ0v) is 24.0. The van der Waals surface area contributed by atoms with E-state index in [0.29, 0.717) is 39.7 Å². The first-order valence-corrected chi connectivity index (χ1v) is 15.4. The van der Waals surface area contributed by atoms with Crippen LogP contribution in [0.3, 0.4) is 0 Å². The minimum Gasteiger partial charge on any atom is -0.324 e. The number of aromatic nitrogens is 4. The second kappa shape index (κ2) is 11.7. The number of sulfone groups is 1. The van der Waals surface area contributed by atoms with Crippen LogP contribution in [0.4, 0.5) is 26.1 Å².